The zero-order valence-corrected chi connectivity index (χ0v) is 12.8. The maximum atomic E-state index is 12.9. The molecule has 1 atom stereocenters. The first-order valence-corrected chi connectivity index (χ1v) is 7.49. The highest BCUT2D eigenvalue weighted by Crippen LogP contribution is 2.36. The summed E-state index contributed by atoms with van der Waals surface area (Å²) in [6.45, 7) is 2.57. The lowest BCUT2D eigenvalue weighted by atomic mass is 9.85. The van der Waals surface area contributed by atoms with Crippen molar-refractivity contribution in [2.75, 3.05) is 6.61 Å². The van der Waals surface area contributed by atoms with Gasteiger partial charge in [0, 0.05) is 15.6 Å². The molecule has 0 N–H and O–H groups in total. The summed E-state index contributed by atoms with van der Waals surface area (Å²) in [5.41, 5.74) is 2.80. The summed E-state index contributed by atoms with van der Waals surface area (Å²) in [5.74, 6) is 0.914. The van der Waals surface area contributed by atoms with Gasteiger partial charge in [0.2, 0.25) is 0 Å². The minimum atomic E-state index is -0.104. The van der Waals surface area contributed by atoms with E-state index in [4.69, 9.17) is 4.74 Å². The molecule has 1 aliphatic rings. The van der Waals surface area contributed by atoms with Crippen molar-refractivity contribution in [2.24, 2.45) is 0 Å². The molecular weight excluding hydrogens is 316 g/mol. The molecule has 0 aliphatic carbocycles. The molecule has 0 aromatic heterocycles. The molecule has 20 heavy (non-hydrogen) atoms. The lowest BCUT2D eigenvalue weighted by molar-refractivity contribution is 0.0932. The van der Waals surface area contributed by atoms with Crippen LogP contribution in [0.15, 0.2) is 46.9 Å². The molecule has 3 heteroatoms. The molecule has 2 aromatic carbocycles. The van der Waals surface area contributed by atoms with Crippen LogP contribution in [0.2, 0.25) is 0 Å². The predicted molar refractivity (Wildman–Crippen MR) is 82.5 cm³/mol. The van der Waals surface area contributed by atoms with E-state index in [2.05, 4.69) is 15.9 Å². The number of halogens is 1. The van der Waals surface area contributed by atoms with Crippen LogP contribution >= 0.6 is 15.9 Å². The number of ether oxygens (including phenoxy) is 1. The average molecular weight is 331 g/mol. The molecule has 1 unspecified atom stereocenters. The Labute approximate surface area is 126 Å². The van der Waals surface area contributed by atoms with Gasteiger partial charge in [0.1, 0.15) is 5.75 Å². The fourth-order valence-corrected chi connectivity index (χ4v) is 3.04. The smallest absolute Gasteiger partial charge is 0.170 e. The van der Waals surface area contributed by atoms with Crippen molar-refractivity contribution in [1.29, 1.82) is 0 Å². The lowest BCUT2D eigenvalue weighted by Crippen LogP contribution is -2.22. The molecule has 2 aromatic rings. The van der Waals surface area contributed by atoms with E-state index < -0.39 is 0 Å². The summed E-state index contributed by atoms with van der Waals surface area (Å²) in [6, 6.07) is 13.6. The highest BCUT2D eigenvalue weighted by atomic mass is 79.9. The van der Waals surface area contributed by atoms with E-state index in [-0.39, 0.29) is 11.7 Å². The third kappa shape index (κ3) is 2.27. The van der Waals surface area contributed by atoms with Crippen molar-refractivity contribution in [3.8, 4) is 5.75 Å². The summed E-state index contributed by atoms with van der Waals surface area (Å²) in [6.07, 6.45) is 0.738. The number of fused-ring (bicyclic) bond motifs is 1. The number of hydrogen-bond donors (Lipinski definition) is 0. The van der Waals surface area contributed by atoms with Crippen LogP contribution < -0.4 is 4.74 Å². The number of carbonyl (C=O) groups is 1. The first kappa shape index (κ1) is 13.4. The second-order valence-corrected chi connectivity index (χ2v) is 5.86. The minimum Gasteiger partial charge on any atom is -0.493 e. The molecular formula is C17H15BrO2. The highest BCUT2D eigenvalue weighted by molar-refractivity contribution is 9.10. The second-order valence-electron chi connectivity index (χ2n) is 5.00. The Balaban J connectivity index is 2.02. The van der Waals surface area contributed by atoms with Crippen LogP contribution in [0, 0.1) is 6.92 Å². The van der Waals surface area contributed by atoms with E-state index in [0.717, 1.165) is 33.3 Å². The molecule has 0 spiro atoms. The molecule has 0 radical (unpaired) electrons. The third-order valence-electron chi connectivity index (χ3n) is 3.81. The van der Waals surface area contributed by atoms with Gasteiger partial charge < -0.3 is 4.74 Å². The molecule has 0 fully saturated rings. The monoisotopic (exact) mass is 330 g/mol. The molecule has 0 saturated carbocycles. The lowest BCUT2D eigenvalue weighted by Gasteiger charge is -2.25. The summed E-state index contributed by atoms with van der Waals surface area (Å²) >= 11 is 3.49. The normalized spacial score (nSPS) is 17.2. The fourth-order valence-electron chi connectivity index (χ4n) is 2.68. The number of ketones is 1. The molecule has 102 valence electrons. The average Bonchev–Trinajstić information content (AvgIpc) is 2.49. The van der Waals surface area contributed by atoms with Gasteiger partial charge in [-0.2, -0.15) is 0 Å². The van der Waals surface area contributed by atoms with Crippen molar-refractivity contribution in [2.45, 2.75) is 19.3 Å². The highest BCUT2D eigenvalue weighted by Gasteiger charge is 2.29. The molecule has 0 saturated heterocycles. The van der Waals surface area contributed by atoms with Crippen LogP contribution in [-0.2, 0) is 0 Å². The van der Waals surface area contributed by atoms with E-state index in [9.17, 15) is 4.79 Å². The summed E-state index contributed by atoms with van der Waals surface area (Å²) < 4.78 is 6.61. The van der Waals surface area contributed by atoms with Gasteiger partial charge in [-0.15, -0.1) is 0 Å². The Hall–Kier alpha value is -1.61. The van der Waals surface area contributed by atoms with Gasteiger partial charge in [0.05, 0.1) is 12.5 Å². The maximum absolute atomic E-state index is 12.9. The predicted octanol–water partition coefficient (Wildman–Crippen LogP) is 4.51. The van der Waals surface area contributed by atoms with Crippen LogP contribution in [0.25, 0.3) is 0 Å². The van der Waals surface area contributed by atoms with Crippen LogP contribution in [-0.4, -0.2) is 12.4 Å². The Morgan fingerprint density at radius 1 is 1.20 bits per heavy atom. The molecule has 0 bridgehead atoms. The van der Waals surface area contributed by atoms with Crippen LogP contribution in [0.1, 0.15) is 33.8 Å². The summed E-state index contributed by atoms with van der Waals surface area (Å²) in [5, 5.41) is 0. The number of benzene rings is 2. The number of Topliss-reactive ketones (excluding diaryl/α,β-unsaturated/α-hetero) is 1. The zero-order valence-electron chi connectivity index (χ0n) is 11.2. The first-order valence-electron chi connectivity index (χ1n) is 6.69. The van der Waals surface area contributed by atoms with Crippen LogP contribution in [0.4, 0.5) is 0 Å². The van der Waals surface area contributed by atoms with E-state index in [0.29, 0.717) is 6.61 Å². The molecule has 3 rings (SSSR count). The van der Waals surface area contributed by atoms with Crippen molar-refractivity contribution in [3.63, 3.8) is 0 Å². The zero-order chi connectivity index (χ0) is 14.1. The van der Waals surface area contributed by atoms with Crippen molar-refractivity contribution < 1.29 is 9.53 Å². The van der Waals surface area contributed by atoms with E-state index in [1.807, 2.05) is 49.4 Å². The van der Waals surface area contributed by atoms with Gasteiger partial charge in [0.15, 0.2) is 5.78 Å². The van der Waals surface area contributed by atoms with Crippen LogP contribution in [0.3, 0.4) is 0 Å². The second kappa shape index (κ2) is 5.41. The quantitative estimate of drug-likeness (QED) is 0.757. The number of carbonyl (C=O) groups excluding carboxylic acids is 1. The molecule has 1 aliphatic heterocycles. The Bertz CT molecular complexity index is 664. The van der Waals surface area contributed by atoms with Crippen molar-refractivity contribution in [3.05, 3.63) is 63.6 Å². The number of rotatable bonds is 2. The van der Waals surface area contributed by atoms with E-state index >= 15 is 0 Å². The maximum Gasteiger partial charge on any atom is 0.170 e. The Morgan fingerprint density at radius 2 is 2.00 bits per heavy atom. The summed E-state index contributed by atoms with van der Waals surface area (Å²) in [7, 11) is 0. The topological polar surface area (TPSA) is 26.3 Å². The van der Waals surface area contributed by atoms with Gasteiger partial charge >= 0.3 is 0 Å². The Morgan fingerprint density at radius 3 is 2.85 bits per heavy atom. The van der Waals surface area contributed by atoms with Gasteiger partial charge in [-0.25, -0.2) is 0 Å². The minimum absolute atomic E-state index is 0.104. The van der Waals surface area contributed by atoms with Crippen molar-refractivity contribution in [1.82, 2.24) is 0 Å². The molecule has 1 heterocycles. The molecule has 2 nitrogen and oxygen atoms in total. The number of hydrogen-bond acceptors (Lipinski definition) is 2. The SMILES string of the molecule is Cc1c(Br)cccc1C(=O)C1CCOc2ccccc21. The molecule has 0 amide bonds. The van der Waals surface area contributed by atoms with Crippen LogP contribution in [0.5, 0.6) is 5.75 Å². The third-order valence-corrected chi connectivity index (χ3v) is 4.67. The van der Waals surface area contributed by atoms with Crippen molar-refractivity contribution >= 4 is 21.7 Å². The van der Waals surface area contributed by atoms with Gasteiger partial charge in [-0.3, -0.25) is 4.79 Å². The van der Waals surface area contributed by atoms with E-state index in [1.165, 1.54) is 0 Å². The fraction of sp³-hybridized carbons (Fsp3) is 0.235. The largest absolute Gasteiger partial charge is 0.493 e. The standard InChI is InChI=1S/C17H15BrO2/c1-11-12(6-4-7-15(11)18)17(19)14-9-10-20-16-8-3-2-5-13(14)16/h2-8,14H,9-10H2,1H3. The Kier molecular flexibility index (Phi) is 3.62. The van der Waals surface area contributed by atoms with Gasteiger partial charge in [-0.1, -0.05) is 46.3 Å². The first-order chi connectivity index (χ1) is 9.68. The van der Waals surface area contributed by atoms with E-state index in [1.54, 1.807) is 0 Å². The number of para-hydroxylation sites is 1. The summed E-state index contributed by atoms with van der Waals surface area (Å²) in [4.78, 5) is 12.9. The van der Waals surface area contributed by atoms with Gasteiger partial charge in [0.25, 0.3) is 0 Å². The van der Waals surface area contributed by atoms with Gasteiger partial charge in [-0.05, 0) is 31.0 Å².